The summed E-state index contributed by atoms with van der Waals surface area (Å²) in [6.45, 7) is 0. The van der Waals surface area contributed by atoms with Crippen LogP contribution in [-0.2, 0) is 16.0 Å². The summed E-state index contributed by atoms with van der Waals surface area (Å²) in [5.74, 6) is -1.66. The SMILES string of the molecule is O=C(O)CCCCC(=O)C[C@@H]1[C@@H](/C=C/[C@@H](O)CCc2ccccc2)[C@H](O)C[C@@H]1O. The van der Waals surface area contributed by atoms with Crippen LogP contribution in [0.5, 0.6) is 0 Å². The zero-order chi connectivity index (χ0) is 21.2. The number of aliphatic hydroxyl groups is 3. The van der Waals surface area contributed by atoms with Gasteiger partial charge in [0.1, 0.15) is 5.78 Å². The summed E-state index contributed by atoms with van der Waals surface area (Å²) in [5.41, 5.74) is 1.14. The number of carboxylic acid groups (broad SMARTS) is 1. The summed E-state index contributed by atoms with van der Waals surface area (Å²) in [6, 6.07) is 9.87. The summed E-state index contributed by atoms with van der Waals surface area (Å²) in [7, 11) is 0. The van der Waals surface area contributed by atoms with Crippen LogP contribution in [0.4, 0.5) is 0 Å². The van der Waals surface area contributed by atoms with Gasteiger partial charge in [0.15, 0.2) is 0 Å². The molecule has 160 valence electrons. The molecule has 0 saturated heterocycles. The molecule has 1 aliphatic rings. The lowest BCUT2D eigenvalue weighted by Gasteiger charge is -2.20. The maximum atomic E-state index is 12.2. The molecule has 29 heavy (non-hydrogen) atoms. The molecule has 0 amide bonds. The topological polar surface area (TPSA) is 115 Å². The Kier molecular flexibility index (Phi) is 9.51. The number of hydrogen-bond donors (Lipinski definition) is 4. The number of carbonyl (C=O) groups is 2. The van der Waals surface area contributed by atoms with Crippen LogP contribution in [0.1, 0.15) is 50.5 Å². The average Bonchev–Trinajstić information content (AvgIpc) is 2.95. The van der Waals surface area contributed by atoms with E-state index in [1.165, 1.54) is 0 Å². The Balaban J connectivity index is 1.83. The van der Waals surface area contributed by atoms with Crippen molar-refractivity contribution in [2.45, 2.75) is 69.7 Å². The molecule has 6 heteroatoms. The first kappa shape index (κ1) is 23.3. The Morgan fingerprint density at radius 3 is 2.45 bits per heavy atom. The molecule has 2 rings (SSSR count). The van der Waals surface area contributed by atoms with E-state index in [1.54, 1.807) is 12.2 Å². The minimum atomic E-state index is -0.872. The number of aliphatic hydroxyl groups excluding tert-OH is 3. The normalized spacial score (nSPS) is 25.3. The molecule has 4 N–H and O–H groups in total. The first-order valence-corrected chi connectivity index (χ1v) is 10.4. The van der Waals surface area contributed by atoms with E-state index >= 15 is 0 Å². The molecular formula is C23H32O6. The Labute approximate surface area is 171 Å². The first-order valence-electron chi connectivity index (χ1n) is 10.4. The summed E-state index contributed by atoms with van der Waals surface area (Å²) in [4.78, 5) is 22.8. The molecule has 0 aromatic heterocycles. The lowest BCUT2D eigenvalue weighted by atomic mass is 9.87. The highest BCUT2D eigenvalue weighted by Crippen LogP contribution is 2.36. The smallest absolute Gasteiger partial charge is 0.303 e. The lowest BCUT2D eigenvalue weighted by molar-refractivity contribution is -0.137. The van der Waals surface area contributed by atoms with E-state index in [9.17, 15) is 24.9 Å². The van der Waals surface area contributed by atoms with Crippen molar-refractivity contribution in [2.24, 2.45) is 11.8 Å². The maximum absolute atomic E-state index is 12.2. The fourth-order valence-corrected chi connectivity index (χ4v) is 3.94. The minimum Gasteiger partial charge on any atom is -0.481 e. The van der Waals surface area contributed by atoms with Gasteiger partial charge in [-0.25, -0.2) is 0 Å². The van der Waals surface area contributed by atoms with E-state index in [0.29, 0.717) is 19.3 Å². The number of hydrogen-bond acceptors (Lipinski definition) is 5. The van der Waals surface area contributed by atoms with Gasteiger partial charge in [-0.1, -0.05) is 42.5 Å². The molecular weight excluding hydrogens is 372 g/mol. The van der Waals surface area contributed by atoms with Crippen LogP contribution in [0, 0.1) is 11.8 Å². The highest BCUT2D eigenvalue weighted by Gasteiger charge is 2.41. The van der Waals surface area contributed by atoms with Gasteiger partial charge in [-0.05, 0) is 31.2 Å². The second-order valence-electron chi connectivity index (χ2n) is 7.93. The van der Waals surface area contributed by atoms with Crippen LogP contribution in [0.15, 0.2) is 42.5 Å². The van der Waals surface area contributed by atoms with Crippen LogP contribution in [0.25, 0.3) is 0 Å². The van der Waals surface area contributed by atoms with Gasteiger partial charge < -0.3 is 20.4 Å². The largest absolute Gasteiger partial charge is 0.481 e. The third-order valence-corrected chi connectivity index (χ3v) is 5.60. The van der Waals surface area contributed by atoms with Crippen molar-refractivity contribution in [1.82, 2.24) is 0 Å². The summed E-state index contributed by atoms with van der Waals surface area (Å²) >= 11 is 0. The standard InChI is InChI=1S/C23H32O6/c24-17(11-10-16-6-2-1-3-7-16)12-13-19-20(22(27)15-21(19)26)14-18(25)8-4-5-9-23(28)29/h1-3,6-7,12-13,17,19-22,24,26-27H,4-5,8-11,14-15H2,(H,28,29)/b13-12+/t17-,19+,20+,21+,22-/m0/s1. The van der Waals surface area contributed by atoms with Crippen LogP contribution in [-0.4, -0.2) is 50.5 Å². The third-order valence-electron chi connectivity index (χ3n) is 5.60. The average molecular weight is 405 g/mol. The summed E-state index contributed by atoms with van der Waals surface area (Å²) in [5, 5.41) is 39.4. The Hall–Kier alpha value is -2.02. The number of ketones is 1. The molecule has 0 spiro atoms. The van der Waals surface area contributed by atoms with Gasteiger partial charge in [-0.15, -0.1) is 0 Å². The van der Waals surface area contributed by atoms with Crippen LogP contribution >= 0.6 is 0 Å². The molecule has 1 saturated carbocycles. The van der Waals surface area contributed by atoms with Crippen molar-refractivity contribution < 1.29 is 30.0 Å². The lowest BCUT2D eigenvalue weighted by Crippen LogP contribution is -2.24. The maximum Gasteiger partial charge on any atom is 0.303 e. The fraction of sp³-hybridized carbons (Fsp3) is 0.565. The predicted octanol–water partition coefficient (Wildman–Crippen LogP) is 2.50. The van der Waals surface area contributed by atoms with Crippen molar-refractivity contribution in [3.8, 4) is 0 Å². The minimum absolute atomic E-state index is 0.0310. The number of benzene rings is 1. The molecule has 0 heterocycles. The van der Waals surface area contributed by atoms with E-state index in [1.807, 2.05) is 30.3 Å². The van der Waals surface area contributed by atoms with Gasteiger partial charge in [0.25, 0.3) is 0 Å². The number of carbonyl (C=O) groups excluding carboxylic acids is 1. The van der Waals surface area contributed by atoms with E-state index in [-0.39, 0.29) is 43.3 Å². The van der Waals surface area contributed by atoms with E-state index in [2.05, 4.69) is 0 Å². The van der Waals surface area contributed by atoms with Crippen molar-refractivity contribution in [1.29, 1.82) is 0 Å². The highest BCUT2D eigenvalue weighted by molar-refractivity contribution is 5.78. The molecule has 0 unspecified atom stereocenters. The van der Waals surface area contributed by atoms with Gasteiger partial charge >= 0.3 is 5.97 Å². The van der Waals surface area contributed by atoms with E-state index < -0.39 is 24.3 Å². The van der Waals surface area contributed by atoms with Gasteiger partial charge in [0.05, 0.1) is 18.3 Å². The second kappa shape index (κ2) is 11.9. The zero-order valence-electron chi connectivity index (χ0n) is 16.7. The molecule has 1 fully saturated rings. The van der Waals surface area contributed by atoms with Crippen molar-refractivity contribution in [3.05, 3.63) is 48.0 Å². The molecule has 1 aromatic rings. The third kappa shape index (κ3) is 8.09. The summed E-state index contributed by atoms with van der Waals surface area (Å²) < 4.78 is 0. The molecule has 0 bridgehead atoms. The molecule has 0 aliphatic heterocycles. The summed E-state index contributed by atoms with van der Waals surface area (Å²) in [6.07, 6.45) is 4.17. The van der Waals surface area contributed by atoms with Crippen molar-refractivity contribution in [2.75, 3.05) is 0 Å². The Bertz CT molecular complexity index is 671. The fourth-order valence-electron chi connectivity index (χ4n) is 3.94. The molecule has 6 nitrogen and oxygen atoms in total. The predicted molar refractivity (Wildman–Crippen MR) is 109 cm³/mol. The molecule has 1 aromatic carbocycles. The first-order chi connectivity index (χ1) is 13.9. The number of unbranched alkanes of at least 4 members (excludes halogenated alkanes) is 1. The van der Waals surface area contributed by atoms with Crippen LogP contribution in [0.2, 0.25) is 0 Å². The number of rotatable bonds is 12. The number of aliphatic carboxylic acids is 1. The molecule has 0 radical (unpaired) electrons. The highest BCUT2D eigenvalue weighted by atomic mass is 16.4. The van der Waals surface area contributed by atoms with Gasteiger partial charge in [0, 0.05) is 37.5 Å². The number of carboxylic acids is 1. The van der Waals surface area contributed by atoms with E-state index in [0.717, 1.165) is 12.0 Å². The van der Waals surface area contributed by atoms with E-state index in [4.69, 9.17) is 5.11 Å². The van der Waals surface area contributed by atoms with Crippen molar-refractivity contribution >= 4 is 11.8 Å². The monoisotopic (exact) mass is 404 g/mol. The molecule has 5 atom stereocenters. The van der Waals surface area contributed by atoms with Gasteiger partial charge in [0.2, 0.25) is 0 Å². The van der Waals surface area contributed by atoms with Crippen LogP contribution in [0.3, 0.4) is 0 Å². The zero-order valence-corrected chi connectivity index (χ0v) is 16.7. The Morgan fingerprint density at radius 2 is 1.76 bits per heavy atom. The molecule has 1 aliphatic carbocycles. The number of aryl methyl sites for hydroxylation is 1. The van der Waals surface area contributed by atoms with Crippen molar-refractivity contribution in [3.63, 3.8) is 0 Å². The van der Waals surface area contributed by atoms with Crippen LogP contribution < -0.4 is 0 Å². The number of Topliss-reactive ketones (excluding diaryl/α,β-unsaturated/α-hetero) is 1. The van der Waals surface area contributed by atoms with Gasteiger partial charge in [-0.2, -0.15) is 0 Å². The Morgan fingerprint density at radius 1 is 1.07 bits per heavy atom. The second-order valence-corrected chi connectivity index (χ2v) is 7.93. The van der Waals surface area contributed by atoms with Gasteiger partial charge in [-0.3, -0.25) is 9.59 Å². The quantitative estimate of drug-likeness (QED) is 0.314.